The number of ether oxygens (including phenoxy) is 2. The number of hydrogen-bond donors (Lipinski definition) is 0. The fraction of sp³-hybridized carbons (Fsp3) is 0.200. The molecule has 4 rings (SSSR count). The molecule has 1 aliphatic rings. The smallest absolute Gasteiger partial charge is 0.293 e. The van der Waals surface area contributed by atoms with Gasteiger partial charge < -0.3 is 9.47 Å². The lowest BCUT2D eigenvalue weighted by Gasteiger charge is -2.17. The average molecular weight is 579 g/mol. The van der Waals surface area contributed by atoms with Gasteiger partial charge >= 0.3 is 0 Å². The summed E-state index contributed by atoms with van der Waals surface area (Å²) in [6.07, 6.45) is 4.11. The van der Waals surface area contributed by atoms with Crippen LogP contribution in [-0.2, 0) is 24.4 Å². The molecule has 3 aromatic carbocycles. The molecule has 2 amide bonds. The minimum absolute atomic E-state index is 0.253. The molecule has 5 nitrogen and oxygen atoms in total. The maximum atomic E-state index is 13.1. The highest BCUT2D eigenvalue weighted by Crippen LogP contribution is 2.38. The summed E-state index contributed by atoms with van der Waals surface area (Å²) in [5, 5.41) is -0.273. The Morgan fingerprint density at radius 2 is 1.78 bits per heavy atom. The number of thioether (sulfide) groups is 1. The molecule has 1 aliphatic heterocycles. The number of imide groups is 1. The largest absolute Gasteiger partial charge is 0.490 e. The highest BCUT2D eigenvalue weighted by atomic mass is 79.9. The zero-order valence-electron chi connectivity index (χ0n) is 20.8. The van der Waals surface area contributed by atoms with Crippen LogP contribution in [0, 0.1) is 6.92 Å². The summed E-state index contributed by atoms with van der Waals surface area (Å²) >= 11 is 4.41. The second-order valence-corrected chi connectivity index (χ2v) is 10.5. The van der Waals surface area contributed by atoms with Gasteiger partial charge in [-0.15, -0.1) is 6.58 Å². The summed E-state index contributed by atoms with van der Waals surface area (Å²) in [5.74, 6) is 0.941. The lowest BCUT2D eigenvalue weighted by molar-refractivity contribution is -0.123. The van der Waals surface area contributed by atoms with Crippen LogP contribution < -0.4 is 9.47 Å². The Morgan fingerprint density at radius 3 is 2.49 bits per heavy atom. The monoisotopic (exact) mass is 577 g/mol. The SMILES string of the molecule is C=CCc1cc(/C=C2\SC(=O)N(Cc3ccccc3C)C2=O)cc(OCC)c1OCc1ccc(Br)cc1. The Balaban J connectivity index is 1.62. The number of amides is 2. The van der Waals surface area contributed by atoms with Crippen LogP contribution in [0.5, 0.6) is 11.5 Å². The number of halogens is 1. The first kappa shape index (κ1) is 26.8. The van der Waals surface area contributed by atoms with Gasteiger partial charge in [0.25, 0.3) is 11.1 Å². The summed E-state index contributed by atoms with van der Waals surface area (Å²) in [6.45, 7) is 8.87. The van der Waals surface area contributed by atoms with Gasteiger partial charge in [-0.1, -0.05) is 58.4 Å². The van der Waals surface area contributed by atoms with Gasteiger partial charge in [-0.2, -0.15) is 0 Å². The molecule has 190 valence electrons. The van der Waals surface area contributed by atoms with Crippen molar-refractivity contribution in [2.24, 2.45) is 0 Å². The van der Waals surface area contributed by atoms with Crippen LogP contribution in [0.2, 0.25) is 0 Å². The molecule has 1 fully saturated rings. The minimum atomic E-state index is -0.294. The van der Waals surface area contributed by atoms with Crippen molar-refractivity contribution in [1.29, 1.82) is 0 Å². The summed E-state index contributed by atoms with van der Waals surface area (Å²) < 4.78 is 13.2. The molecule has 0 radical (unpaired) electrons. The molecule has 0 atom stereocenters. The molecule has 37 heavy (non-hydrogen) atoms. The van der Waals surface area contributed by atoms with E-state index in [2.05, 4.69) is 22.5 Å². The number of rotatable bonds is 10. The van der Waals surface area contributed by atoms with Gasteiger partial charge in [-0.3, -0.25) is 14.5 Å². The molecule has 0 N–H and O–H groups in total. The molecule has 0 spiro atoms. The first-order valence-corrected chi connectivity index (χ1v) is 13.6. The highest BCUT2D eigenvalue weighted by Gasteiger charge is 2.35. The Bertz CT molecular complexity index is 1350. The van der Waals surface area contributed by atoms with Gasteiger partial charge in [-0.25, -0.2) is 0 Å². The van der Waals surface area contributed by atoms with E-state index in [0.717, 1.165) is 44.1 Å². The Morgan fingerprint density at radius 1 is 1.03 bits per heavy atom. The number of carbonyl (C=O) groups excluding carboxylic acids is 2. The zero-order valence-corrected chi connectivity index (χ0v) is 23.2. The summed E-state index contributed by atoms with van der Waals surface area (Å²) in [4.78, 5) is 27.5. The molecule has 0 aliphatic carbocycles. The van der Waals surface area contributed by atoms with Crippen molar-refractivity contribution in [3.8, 4) is 11.5 Å². The van der Waals surface area contributed by atoms with E-state index in [-0.39, 0.29) is 17.7 Å². The van der Waals surface area contributed by atoms with E-state index in [1.807, 2.05) is 74.5 Å². The van der Waals surface area contributed by atoms with Gasteiger partial charge in [-0.05, 0) is 84.6 Å². The third kappa shape index (κ3) is 6.53. The molecule has 0 saturated carbocycles. The van der Waals surface area contributed by atoms with E-state index in [1.165, 1.54) is 4.90 Å². The molecular weight excluding hydrogens is 550 g/mol. The van der Waals surface area contributed by atoms with Crippen LogP contribution in [0.15, 0.2) is 82.7 Å². The van der Waals surface area contributed by atoms with Gasteiger partial charge in [0.15, 0.2) is 11.5 Å². The van der Waals surface area contributed by atoms with E-state index >= 15 is 0 Å². The zero-order chi connectivity index (χ0) is 26.4. The van der Waals surface area contributed by atoms with Gasteiger partial charge in [0.1, 0.15) is 6.61 Å². The van der Waals surface area contributed by atoms with Gasteiger partial charge in [0, 0.05) is 10.0 Å². The van der Waals surface area contributed by atoms with Crippen LogP contribution in [-0.4, -0.2) is 22.7 Å². The fourth-order valence-corrected chi connectivity index (χ4v) is 5.08. The van der Waals surface area contributed by atoms with Crippen molar-refractivity contribution in [1.82, 2.24) is 4.90 Å². The third-order valence-electron chi connectivity index (χ3n) is 5.88. The van der Waals surface area contributed by atoms with E-state index in [4.69, 9.17) is 9.47 Å². The van der Waals surface area contributed by atoms with E-state index in [9.17, 15) is 9.59 Å². The molecule has 0 unspecified atom stereocenters. The maximum Gasteiger partial charge on any atom is 0.293 e. The van der Waals surface area contributed by atoms with Crippen LogP contribution >= 0.6 is 27.7 Å². The highest BCUT2D eigenvalue weighted by molar-refractivity contribution is 9.10. The molecule has 1 heterocycles. The van der Waals surface area contributed by atoms with Crippen LogP contribution in [0.4, 0.5) is 4.79 Å². The van der Waals surface area contributed by atoms with E-state index in [1.54, 1.807) is 12.2 Å². The van der Waals surface area contributed by atoms with Crippen molar-refractivity contribution >= 4 is 44.9 Å². The van der Waals surface area contributed by atoms with Crippen molar-refractivity contribution < 1.29 is 19.1 Å². The van der Waals surface area contributed by atoms with Crippen LogP contribution in [0.3, 0.4) is 0 Å². The number of aryl methyl sites for hydroxylation is 1. The topological polar surface area (TPSA) is 55.8 Å². The third-order valence-corrected chi connectivity index (χ3v) is 7.31. The first-order valence-electron chi connectivity index (χ1n) is 12.0. The molecule has 3 aromatic rings. The van der Waals surface area contributed by atoms with E-state index < -0.39 is 0 Å². The van der Waals surface area contributed by atoms with E-state index in [0.29, 0.717) is 36.0 Å². The minimum Gasteiger partial charge on any atom is -0.490 e. The lowest BCUT2D eigenvalue weighted by Crippen LogP contribution is -2.27. The number of benzene rings is 3. The summed E-state index contributed by atoms with van der Waals surface area (Å²) in [7, 11) is 0. The van der Waals surface area contributed by atoms with Crippen molar-refractivity contribution in [2.75, 3.05) is 6.61 Å². The Hall–Kier alpha value is -3.29. The second kappa shape index (κ2) is 12.3. The standard InChI is InChI=1S/C30H28BrNO4S/c1-4-8-23-15-22(16-26(35-5-2)28(23)36-19-21-11-13-25(31)14-12-21)17-27-29(33)32(30(34)37-27)18-24-10-7-6-9-20(24)3/h4,6-7,9-17H,1,5,8,18-19H2,2-3H3/b27-17-. The first-order chi connectivity index (χ1) is 17.9. The summed E-state index contributed by atoms with van der Waals surface area (Å²) in [6, 6.07) is 19.5. The number of nitrogens with zero attached hydrogens (tertiary/aromatic N) is 1. The number of allylic oxidation sites excluding steroid dienone is 1. The number of hydrogen-bond acceptors (Lipinski definition) is 5. The second-order valence-electron chi connectivity index (χ2n) is 8.54. The molecule has 0 aromatic heterocycles. The molecular formula is C30H28BrNO4S. The Labute approximate surface area is 230 Å². The molecule has 0 bridgehead atoms. The summed E-state index contributed by atoms with van der Waals surface area (Å²) in [5.41, 5.74) is 4.67. The van der Waals surface area contributed by atoms with Crippen molar-refractivity contribution in [3.05, 3.63) is 111 Å². The Kier molecular flexibility index (Phi) is 8.90. The van der Waals surface area contributed by atoms with Crippen molar-refractivity contribution in [2.45, 2.75) is 33.4 Å². The lowest BCUT2D eigenvalue weighted by atomic mass is 10.0. The van der Waals surface area contributed by atoms with Crippen molar-refractivity contribution in [3.63, 3.8) is 0 Å². The fourth-order valence-electron chi connectivity index (χ4n) is 3.98. The normalized spacial score (nSPS) is 14.4. The van der Waals surface area contributed by atoms with Gasteiger partial charge in [0.05, 0.1) is 18.1 Å². The maximum absolute atomic E-state index is 13.1. The number of carbonyl (C=O) groups is 2. The van der Waals surface area contributed by atoms with Crippen LogP contribution in [0.25, 0.3) is 6.08 Å². The predicted octanol–water partition coefficient (Wildman–Crippen LogP) is 7.70. The molecule has 1 saturated heterocycles. The quantitative estimate of drug-likeness (QED) is 0.182. The van der Waals surface area contributed by atoms with Gasteiger partial charge in [0.2, 0.25) is 0 Å². The molecule has 7 heteroatoms. The van der Waals surface area contributed by atoms with Crippen LogP contribution in [0.1, 0.15) is 34.7 Å². The average Bonchev–Trinajstić information content (AvgIpc) is 3.13. The predicted molar refractivity (Wildman–Crippen MR) is 153 cm³/mol.